The van der Waals surface area contributed by atoms with Crippen LogP contribution in [0.15, 0.2) is 59.8 Å². The summed E-state index contributed by atoms with van der Waals surface area (Å²) in [6.45, 7) is 0. The molecule has 1 aliphatic carbocycles. The summed E-state index contributed by atoms with van der Waals surface area (Å²) < 4.78 is 0. The summed E-state index contributed by atoms with van der Waals surface area (Å²) in [5.41, 5.74) is 0.562. The first kappa shape index (κ1) is 17.7. The van der Waals surface area contributed by atoms with E-state index in [0.717, 1.165) is 37.7 Å². The largest absolute Gasteiger partial charge is 0.436 e. The number of para-hydroxylation sites is 1. The van der Waals surface area contributed by atoms with Crippen LogP contribution in [0.2, 0.25) is 5.02 Å². The van der Waals surface area contributed by atoms with E-state index in [9.17, 15) is 4.79 Å². The van der Waals surface area contributed by atoms with Gasteiger partial charge in [-0.25, -0.2) is 4.79 Å². The number of hydrogen-bond donors (Lipinski definition) is 1. The van der Waals surface area contributed by atoms with Crippen molar-refractivity contribution in [1.82, 2.24) is 5.06 Å². The topological polar surface area (TPSA) is 63.2 Å². The molecule has 1 amide bonds. The van der Waals surface area contributed by atoms with Gasteiger partial charge in [-0.1, -0.05) is 65.6 Å². The Morgan fingerprint density at radius 2 is 1.78 bits per heavy atom. The Kier molecular flexibility index (Phi) is 4.90. The van der Waals surface area contributed by atoms with Crippen molar-refractivity contribution in [3.8, 4) is 0 Å². The molecule has 1 spiro atoms. The number of carbonyl (C=O) groups excluding carboxylic acids is 1. The number of rotatable bonds is 3. The summed E-state index contributed by atoms with van der Waals surface area (Å²) in [5, 5.41) is 8.90. The number of anilines is 1. The van der Waals surface area contributed by atoms with E-state index in [4.69, 9.17) is 21.3 Å². The van der Waals surface area contributed by atoms with Gasteiger partial charge >= 0.3 is 6.09 Å². The summed E-state index contributed by atoms with van der Waals surface area (Å²) in [7, 11) is 0. The molecule has 1 N–H and O–H groups in total. The third kappa shape index (κ3) is 3.57. The van der Waals surface area contributed by atoms with Crippen molar-refractivity contribution < 1.29 is 14.5 Å². The first-order valence-electron chi connectivity index (χ1n) is 9.03. The number of halogens is 1. The normalized spacial score (nSPS) is 18.0. The Bertz CT molecular complexity index is 851. The highest BCUT2D eigenvalue weighted by atomic mass is 35.5. The molecule has 0 unspecified atom stereocenters. The summed E-state index contributed by atoms with van der Waals surface area (Å²) in [4.78, 5) is 24.1. The molecule has 0 saturated heterocycles. The van der Waals surface area contributed by atoms with E-state index < -0.39 is 11.8 Å². The van der Waals surface area contributed by atoms with Crippen LogP contribution in [0.3, 0.4) is 0 Å². The molecule has 1 heterocycles. The standard InChI is InChI=1S/C20H20ClN3O3/c21-16-11-5-6-12-17(16)22-19(25)26-24-18(15-9-3-1-4-10-15)23-27-20(24)13-7-2-8-14-20/h1,3-6,9-12H,2,7-8,13-14H2,(H,22,25). The molecule has 0 bridgehead atoms. The van der Waals surface area contributed by atoms with Crippen molar-refractivity contribution >= 4 is 29.2 Å². The van der Waals surface area contributed by atoms with E-state index in [0.29, 0.717) is 16.5 Å². The number of nitrogens with one attached hydrogen (secondary N) is 1. The van der Waals surface area contributed by atoms with E-state index >= 15 is 0 Å². The molecule has 7 heteroatoms. The van der Waals surface area contributed by atoms with Crippen molar-refractivity contribution in [2.75, 3.05) is 5.32 Å². The summed E-state index contributed by atoms with van der Waals surface area (Å²) >= 11 is 6.12. The van der Waals surface area contributed by atoms with Crippen LogP contribution in [0.4, 0.5) is 10.5 Å². The Morgan fingerprint density at radius 1 is 1.07 bits per heavy atom. The van der Waals surface area contributed by atoms with Crippen LogP contribution in [0.1, 0.15) is 37.7 Å². The highest BCUT2D eigenvalue weighted by Gasteiger charge is 2.50. The van der Waals surface area contributed by atoms with E-state index in [1.54, 1.807) is 24.3 Å². The van der Waals surface area contributed by atoms with Crippen LogP contribution in [0.25, 0.3) is 0 Å². The molecule has 6 nitrogen and oxygen atoms in total. The number of nitrogens with zero attached hydrogens (tertiary/aromatic N) is 2. The van der Waals surface area contributed by atoms with E-state index in [-0.39, 0.29) is 0 Å². The second kappa shape index (κ2) is 7.48. The van der Waals surface area contributed by atoms with Crippen LogP contribution in [-0.2, 0) is 9.68 Å². The lowest BCUT2D eigenvalue weighted by Crippen LogP contribution is -2.51. The number of hydrogen-bond acceptors (Lipinski definition) is 5. The maximum Gasteiger partial charge on any atom is 0.436 e. The zero-order valence-corrected chi connectivity index (χ0v) is 15.5. The van der Waals surface area contributed by atoms with Crippen molar-refractivity contribution in [1.29, 1.82) is 0 Å². The van der Waals surface area contributed by atoms with Gasteiger partial charge in [-0.05, 0) is 25.0 Å². The lowest BCUT2D eigenvalue weighted by molar-refractivity contribution is -0.224. The zero-order chi connectivity index (χ0) is 18.7. The average molecular weight is 386 g/mol. The third-order valence-corrected chi connectivity index (χ3v) is 5.15. The maximum absolute atomic E-state index is 12.6. The second-order valence-corrected chi connectivity index (χ2v) is 7.06. The molecule has 0 atom stereocenters. The summed E-state index contributed by atoms with van der Waals surface area (Å²) in [6, 6.07) is 16.6. The van der Waals surface area contributed by atoms with Gasteiger partial charge in [0.05, 0.1) is 10.7 Å². The number of benzene rings is 2. The van der Waals surface area contributed by atoms with Gasteiger partial charge in [0.25, 0.3) is 0 Å². The Hall–Kier alpha value is -2.73. The average Bonchev–Trinajstić information content (AvgIpc) is 3.02. The van der Waals surface area contributed by atoms with Crippen molar-refractivity contribution in [3.63, 3.8) is 0 Å². The van der Waals surface area contributed by atoms with E-state index in [1.165, 1.54) is 5.06 Å². The SMILES string of the molecule is O=C(Nc1ccccc1Cl)ON1C(c2ccccc2)=NOC12CCCCC2. The first-order valence-corrected chi connectivity index (χ1v) is 9.41. The van der Waals surface area contributed by atoms with Gasteiger partial charge in [-0.3, -0.25) is 5.32 Å². The molecular weight excluding hydrogens is 366 g/mol. The highest BCUT2D eigenvalue weighted by Crippen LogP contribution is 2.40. The summed E-state index contributed by atoms with van der Waals surface area (Å²) in [6.07, 6.45) is 3.96. The molecule has 2 aromatic rings. The van der Waals surface area contributed by atoms with Gasteiger partial charge in [0.15, 0.2) is 0 Å². The molecule has 27 heavy (non-hydrogen) atoms. The molecule has 2 aliphatic rings. The Labute approximate surface area is 162 Å². The molecule has 140 valence electrons. The van der Waals surface area contributed by atoms with Crippen LogP contribution in [-0.4, -0.2) is 22.7 Å². The van der Waals surface area contributed by atoms with Gasteiger partial charge in [0.2, 0.25) is 11.6 Å². The van der Waals surface area contributed by atoms with Gasteiger partial charge in [-0.2, -0.15) is 0 Å². The summed E-state index contributed by atoms with van der Waals surface area (Å²) in [5.74, 6) is 0.492. The minimum absolute atomic E-state index is 0.441. The van der Waals surface area contributed by atoms with Crippen molar-refractivity contribution in [3.05, 3.63) is 65.2 Å². The quantitative estimate of drug-likeness (QED) is 0.792. The fourth-order valence-electron chi connectivity index (χ4n) is 3.46. The number of carbonyl (C=O) groups is 1. The maximum atomic E-state index is 12.6. The fourth-order valence-corrected chi connectivity index (χ4v) is 3.64. The van der Waals surface area contributed by atoms with Crippen LogP contribution in [0.5, 0.6) is 0 Å². The van der Waals surface area contributed by atoms with Crippen LogP contribution in [0, 0.1) is 0 Å². The Morgan fingerprint density at radius 3 is 2.52 bits per heavy atom. The first-order chi connectivity index (χ1) is 13.2. The third-order valence-electron chi connectivity index (χ3n) is 4.82. The van der Waals surface area contributed by atoms with Gasteiger partial charge in [-0.15, -0.1) is 5.06 Å². The number of amidine groups is 1. The molecule has 1 fully saturated rings. The molecule has 1 saturated carbocycles. The predicted molar refractivity (Wildman–Crippen MR) is 103 cm³/mol. The van der Waals surface area contributed by atoms with Crippen molar-refractivity contribution in [2.24, 2.45) is 5.16 Å². The van der Waals surface area contributed by atoms with E-state index in [2.05, 4.69) is 10.5 Å². The van der Waals surface area contributed by atoms with Crippen LogP contribution >= 0.6 is 11.6 Å². The lowest BCUT2D eigenvalue weighted by atomic mass is 9.91. The fraction of sp³-hybridized carbons (Fsp3) is 0.300. The molecule has 4 rings (SSSR count). The van der Waals surface area contributed by atoms with Crippen molar-refractivity contribution in [2.45, 2.75) is 37.8 Å². The Balaban J connectivity index is 1.58. The predicted octanol–water partition coefficient (Wildman–Crippen LogP) is 5.16. The molecular formula is C20H20ClN3O3. The number of hydroxylamine groups is 2. The number of oxime groups is 1. The molecule has 2 aromatic carbocycles. The van der Waals surface area contributed by atoms with Gasteiger partial charge in [0.1, 0.15) is 0 Å². The second-order valence-electron chi connectivity index (χ2n) is 6.66. The minimum atomic E-state index is -0.749. The molecule has 0 aromatic heterocycles. The molecule has 0 radical (unpaired) electrons. The highest BCUT2D eigenvalue weighted by molar-refractivity contribution is 6.33. The van der Waals surface area contributed by atoms with Gasteiger partial charge in [0, 0.05) is 18.4 Å². The van der Waals surface area contributed by atoms with Gasteiger partial charge < -0.3 is 9.68 Å². The smallest absolute Gasteiger partial charge is 0.362 e. The number of amides is 1. The molecule has 1 aliphatic heterocycles. The van der Waals surface area contributed by atoms with Crippen LogP contribution < -0.4 is 5.32 Å². The van der Waals surface area contributed by atoms with E-state index in [1.807, 2.05) is 30.3 Å². The monoisotopic (exact) mass is 385 g/mol. The minimum Gasteiger partial charge on any atom is -0.362 e. The zero-order valence-electron chi connectivity index (χ0n) is 14.7. The lowest BCUT2D eigenvalue weighted by Gasteiger charge is -2.37.